The molecule has 8 nitrogen and oxygen atoms in total. The second kappa shape index (κ2) is 6.79. The Bertz CT molecular complexity index is 605. The highest BCUT2D eigenvalue weighted by Crippen LogP contribution is 2.15. The van der Waals surface area contributed by atoms with Gasteiger partial charge in [0.15, 0.2) is 0 Å². The van der Waals surface area contributed by atoms with Crippen molar-refractivity contribution in [2.75, 3.05) is 13.2 Å². The molecular weight excluding hydrogens is 292 g/mol. The van der Waals surface area contributed by atoms with Crippen LogP contribution in [-0.2, 0) is 14.3 Å². The predicted octanol–water partition coefficient (Wildman–Crippen LogP) is 0.955. The van der Waals surface area contributed by atoms with E-state index in [0.29, 0.717) is 0 Å². The van der Waals surface area contributed by atoms with Crippen LogP contribution in [-0.4, -0.2) is 37.2 Å². The molecule has 0 spiro atoms. The van der Waals surface area contributed by atoms with Gasteiger partial charge in [-0.05, 0) is 26.0 Å². The third-order valence-corrected chi connectivity index (χ3v) is 2.94. The summed E-state index contributed by atoms with van der Waals surface area (Å²) in [4.78, 5) is 35.2. The van der Waals surface area contributed by atoms with Gasteiger partial charge in [0.05, 0.1) is 30.2 Å². The van der Waals surface area contributed by atoms with E-state index < -0.39 is 24.0 Å². The van der Waals surface area contributed by atoms with Crippen LogP contribution in [0, 0.1) is 0 Å². The van der Waals surface area contributed by atoms with Crippen LogP contribution in [0.3, 0.4) is 0 Å². The SMILES string of the molecule is CCOC(=O)C1=C(COC(=O)c2ccco2)NC(=O)N[C@H]1C. The molecule has 2 amide bonds. The average molecular weight is 308 g/mol. The van der Waals surface area contributed by atoms with E-state index in [0.717, 1.165) is 0 Å². The van der Waals surface area contributed by atoms with Gasteiger partial charge in [-0.25, -0.2) is 14.4 Å². The lowest BCUT2D eigenvalue weighted by Crippen LogP contribution is -2.50. The average Bonchev–Trinajstić information content (AvgIpc) is 2.98. The van der Waals surface area contributed by atoms with E-state index in [1.165, 1.54) is 12.3 Å². The summed E-state index contributed by atoms with van der Waals surface area (Å²) >= 11 is 0. The maximum absolute atomic E-state index is 12.0. The summed E-state index contributed by atoms with van der Waals surface area (Å²) in [5.74, 6) is -1.24. The fraction of sp³-hybridized carbons (Fsp3) is 0.357. The fourth-order valence-electron chi connectivity index (χ4n) is 2.00. The molecule has 1 aliphatic heterocycles. The molecular formula is C14H16N2O6. The van der Waals surface area contributed by atoms with Crippen molar-refractivity contribution >= 4 is 18.0 Å². The molecule has 0 unspecified atom stereocenters. The number of carbonyl (C=O) groups excluding carboxylic acids is 3. The van der Waals surface area contributed by atoms with Crippen LogP contribution in [0.1, 0.15) is 24.4 Å². The molecule has 0 aliphatic carbocycles. The van der Waals surface area contributed by atoms with Gasteiger partial charge in [0, 0.05) is 0 Å². The summed E-state index contributed by atoms with van der Waals surface area (Å²) in [6.07, 6.45) is 1.34. The second-order valence-corrected chi connectivity index (χ2v) is 4.49. The molecule has 0 aromatic carbocycles. The van der Waals surface area contributed by atoms with Crippen LogP contribution in [0.2, 0.25) is 0 Å². The quantitative estimate of drug-likeness (QED) is 0.784. The first-order chi connectivity index (χ1) is 10.5. The van der Waals surface area contributed by atoms with Crippen molar-refractivity contribution in [3.8, 4) is 0 Å². The van der Waals surface area contributed by atoms with Gasteiger partial charge in [0.2, 0.25) is 5.76 Å². The zero-order valence-electron chi connectivity index (χ0n) is 12.2. The van der Waals surface area contributed by atoms with E-state index in [2.05, 4.69) is 10.6 Å². The number of carbonyl (C=O) groups is 3. The Kier molecular flexibility index (Phi) is 4.82. The lowest BCUT2D eigenvalue weighted by atomic mass is 10.0. The van der Waals surface area contributed by atoms with Crippen molar-refractivity contribution in [2.45, 2.75) is 19.9 Å². The number of esters is 2. The maximum atomic E-state index is 12.0. The summed E-state index contributed by atoms with van der Waals surface area (Å²) in [6, 6.07) is 1.97. The first kappa shape index (κ1) is 15.6. The number of nitrogens with one attached hydrogen (secondary N) is 2. The Morgan fingerprint density at radius 3 is 2.73 bits per heavy atom. The number of ether oxygens (including phenoxy) is 2. The molecule has 0 radical (unpaired) electrons. The van der Waals surface area contributed by atoms with E-state index in [9.17, 15) is 14.4 Å². The first-order valence-corrected chi connectivity index (χ1v) is 6.71. The van der Waals surface area contributed by atoms with Crippen molar-refractivity contribution in [1.29, 1.82) is 0 Å². The van der Waals surface area contributed by atoms with Crippen LogP contribution in [0.25, 0.3) is 0 Å². The Morgan fingerprint density at radius 1 is 1.32 bits per heavy atom. The zero-order chi connectivity index (χ0) is 16.1. The molecule has 1 aromatic rings. The van der Waals surface area contributed by atoms with Crippen LogP contribution < -0.4 is 10.6 Å². The van der Waals surface area contributed by atoms with Gasteiger partial charge >= 0.3 is 18.0 Å². The van der Waals surface area contributed by atoms with E-state index in [4.69, 9.17) is 13.9 Å². The predicted molar refractivity (Wildman–Crippen MR) is 73.8 cm³/mol. The van der Waals surface area contributed by atoms with Crippen molar-refractivity contribution < 1.29 is 28.3 Å². The molecule has 2 rings (SSSR count). The molecule has 2 heterocycles. The monoisotopic (exact) mass is 308 g/mol. The number of furan rings is 1. The Hall–Kier alpha value is -2.77. The minimum absolute atomic E-state index is 0.0339. The van der Waals surface area contributed by atoms with Crippen LogP contribution in [0.15, 0.2) is 34.1 Å². The minimum atomic E-state index is -0.693. The Morgan fingerprint density at radius 2 is 2.09 bits per heavy atom. The molecule has 0 fully saturated rings. The second-order valence-electron chi connectivity index (χ2n) is 4.49. The van der Waals surface area contributed by atoms with Crippen LogP contribution in [0.4, 0.5) is 4.79 Å². The zero-order valence-corrected chi connectivity index (χ0v) is 12.2. The number of urea groups is 1. The Labute approximate surface area is 126 Å². The van der Waals surface area contributed by atoms with Crippen LogP contribution in [0.5, 0.6) is 0 Å². The van der Waals surface area contributed by atoms with E-state index in [1.807, 2.05) is 0 Å². The van der Waals surface area contributed by atoms with Gasteiger partial charge in [0.1, 0.15) is 6.61 Å². The first-order valence-electron chi connectivity index (χ1n) is 6.71. The molecule has 22 heavy (non-hydrogen) atoms. The highest BCUT2D eigenvalue weighted by Gasteiger charge is 2.30. The summed E-state index contributed by atoms with van der Waals surface area (Å²) in [5, 5.41) is 5.00. The summed E-state index contributed by atoms with van der Waals surface area (Å²) in [6.45, 7) is 3.24. The molecule has 8 heteroatoms. The van der Waals surface area contributed by atoms with Crippen molar-refractivity contribution in [3.63, 3.8) is 0 Å². The van der Waals surface area contributed by atoms with E-state index in [1.54, 1.807) is 19.9 Å². The van der Waals surface area contributed by atoms with Crippen molar-refractivity contribution in [3.05, 3.63) is 35.4 Å². The van der Waals surface area contributed by atoms with Gasteiger partial charge in [0.25, 0.3) is 0 Å². The van der Waals surface area contributed by atoms with Gasteiger partial charge in [-0.3, -0.25) is 0 Å². The van der Waals surface area contributed by atoms with Crippen molar-refractivity contribution in [2.24, 2.45) is 0 Å². The standard InChI is InChI=1S/C14H16N2O6/c1-3-20-13(18)11-8(2)15-14(19)16-9(11)7-22-12(17)10-5-4-6-21-10/h4-6,8H,3,7H2,1-2H3,(H2,15,16,19)/t8-/m0/s1. The summed E-state index contributed by atoms with van der Waals surface area (Å²) in [7, 11) is 0. The lowest BCUT2D eigenvalue weighted by molar-refractivity contribution is -0.139. The highest BCUT2D eigenvalue weighted by atomic mass is 16.5. The van der Waals surface area contributed by atoms with E-state index in [-0.39, 0.29) is 30.2 Å². The third-order valence-electron chi connectivity index (χ3n) is 2.94. The van der Waals surface area contributed by atoms with Gasteiger partial charge in [-0.15, -0.1) is 0 Å². The fourth-order valence-corrected chi connectivity index (χ4v) is 2.00. The topological polar surface area (TPSA) is 107 Å². The lowest BCUT2D eigenvalue weighted by Gasteiger charge is -2.26. The van der Waals surface area contributed by atoms with Crippen molar-refractivity contribution in [1.82, 2.24) is 10.6 Å². The summed E-state index contributed by atoms with van der Waals surface area (Å²) < 4.78 is 14.9. The van der Waals surface area contributed by atoms with Gasteiger partial charge in [-0.2, -0.15) is 0 Å². The number of hydrogen-bond donors (Lipinski definition) is 2. The molecule has 1 atom stereocenters. The molecule has 2 N–H and O–H groups in total. The van der Waals surface area contributed by atoms with E-state index >= 15 is 0 Å². The molecule has 1 aliphatic rings. The summed E-state index contributed by atoms with van der Waals surface area (Å²) in [5.41, 5.74) is 0.406. The largest absolute Gasteiger partial charge is 0.463 e. The Balaban J connectivity index is 2.15. The third kappa shape index (κ3) is 3.46. The minimum Gasteiger partial charge on any atom is -0.463 e. The van der Waals surface area contributed by atoms with Crippen LogP contribution >= 0.6 is 0 Å². The molecule has 0 bridgehead atoms. The van der Waals surface area contributed by atoms with Gasteiger partial charge < -0.3 is 24.5 Å². The highest BCUT2D eigenvalue weighted by molar-refractivity contribution is 5.95. The molecule has 0 saturated heterocycles. The number of hydrogen-bond acceptors (Lipinski definition) is 6. The number of rotatable bonds is 5. The smallest absolute Gasteiger partial charge is 0.374 e. The number of amides is 2. The maximum Gasteiger partial charge on any atom is 0.374 e. The molecule has 118 valence electrons. The normalized spacial score (nSPS) is 17.5. The molecule has 1 aromatic heterocycles. The van der Waals surface area contributed by atoms with Gasteiger partial charge in [-0.1, -0.05) is 0 Å². The molecule has 0 saturated carbocycles.